The van der Waals surface area contributed by atoms with E-state index in [0.717, 1.165) is 11.8 Å². The van der Waals surface area contributed by atoms with Crippen molar-refractivity contribution < 1.29 is 9.18 Å². The van der Waals surface area contributed by atoms with Gasteiger partial charge in [0.25, 0.3) is 5.56 Å². The predicted molar refractivity (Wildman–Crippen MR) is 102 cm³/mol. The smallest absolute Gasteiger partial charge is 0.266 e. The van der Waals surface area contributed by atoms with Crippen LogP contribution in [-0.4, -0.2) is 27.8 Å². The maximum Gasteiger partial charge on any atom is 0.266 e. The number of hydrogen-bond acceptors (Lipinski definition) is 4. The van der Waals surface area contributed by atoms with Crippen molar-refractivity contribution in [3.05, 3.63) is 63.7 Å². The van der Waals surface area contributed by atoms with Crippen molar-refractivity contribution in [3.8, 4) is 5.69 Å². The predicted octanol–water partition coefficient (Wildman–Crippen LogP) is 3.41. The van der Waals surface area contributed by atoms with Gasteiger partial charge in [0.2, 0.25) is 5.91 Å². The number of nitrogens with zero attached hydrogens (tertiary/aromatic N) is 2. The van der Waals surface area contributed by atoms with E-state index in [-0.39, 0.29) is 22.2 Å². The minimum absolute atomic E-state index is 0.0952. The number of rotatable bonds is 5. The van der Waals surface area contributed by atoms with Gasteiger partial charge in [-0.3, -0.25) is 14.2 Å². The standard InChI is InChI=1S/C18H15ClFN3O2S/c1-2-21-16(24)10-26-18-22-15-6-4-3-5-12(15)17(25)23(18)11-7-8-14(20)13(19)9-11/h3-9H,2,10H2,1H3,(H,21,24). The lowest BCUT2D eigenvalue weighted by molar-refractivity contribution is -0.118. The number of carbonyl (C=O) groups excluding carboxylic acids is 1. The van der Waals surface area contributed by atoms with Crippen molar-refractivity contribution in [2.45, 2.75) is 12.1 Å². The van der Waals surface area contributed by atoms with Crippen LogP contribution in [0, 0.1) is 5.82 Å². The van der Waals surface area contributed by atoms with Crippen LogP contribution in [0.15, 0.2) is 52.4 Å². The molecule has 0 aliphatic heterocycles. The highest BCUT2D eigenvalue weighted by molar-refractivity contribution is 7.99. The van der Waals surface area contributed by atoms with Crippen LogP contribution in [0.3, 0.4) is 0 Å². The topological polar surface area (TPSA) is 64.0 Å². The summed E-state index contributed by atoms with van der Waals surface area (Å²) in [6, 6.07) is 10.9. The van der Waals surface area contributed by atoms with Gasteiger partial charge in [0.1, 0.15) is 5.82 Å². The number of amides is 1. The first-order valence-corrected chi connectivity index (χ1v) is 9.24. The third-order valence-electron chi connectivity index (χ3n) is 3.61. The second-order valence-corrected chi connectivity index (χ2v) is 6.74. The largest absolute Gasteiger partial charge is 0.356 e. The molecule has 1 aromatic heterocycles. The first-order valence-electron chi connectivity index (χ1n) is 7.88. The molecule has 0 aliphatic carbocycles. The Morgan fingerprint density at radius 1 is 1.31 bits per heavy atom. The molecule has 1 amide bonds. The number of nitrogens with one attached hydrogen (secondary N) is 1. The summed E-state index contributed by atoms with van der Waals surface area (Å²) < 4.78 is 14.9. The minimum Gasteiger partial charge on any atom is -0.356 e. The third kappa shape index (κ3) is 3.73. The summed E-state index contributed by atoms with van der Waals surface area (Å²) in [5.41, 5.74) is 0.607. The van der Waals surface area contributed by atoms with Gasteiger partial charge in [0.05, 0.1) is 27.4 Å². The van der Waals surface area contributed by atoms with E-state index >= 15 is 0 Å². The lowest BCUT2D eigenvalue weighted by atomic mass is 10.2. The van der Waals surface area contributed by atoms with Gasteiger partial charge in [0.15, 0.2) is 5.16 Å². The van der Waals surface area contributed by atoms with Gasteiger partial charge in [-0.2, -0.15) is 0 Å². The average molecular weight is 392 g/mol. The third-order valence-corrected chi connectivity index (χ3v) is 4.84. The van der Waals surface area contributed by atoms with Gasteiger partial charge in [-0.25, -0.2) is 9.37 Å². The molecule has 0 fully saturated rings. The zero-order valence-electron chi connectivity index (χ0n) is 13.8. The number of benzene rings is 2. The Morgan fingerprint density at radius 2 is 2.08 bits per heavy atom. The molecule has 0 bridgehead atoms. The molecule has 134 valence electrons. The molecule has 3 rings (SSSR count). The van der Waals surface area contributed by atoms with Crippen molar-refractivity contribution in [2.75, 3.05) is 12.3 Å². The minimum atomic E-state index is -0.575. The molecule has 0 radical (unpaired) electrons. The fourth-order valence-electron chi connectivity index (χ4n) is 2.44. The maximum atomic E-state index is 13.5. The molecule has 8 heteroatoms. The van der Waals surface area contributed by atoms with Crippen molar-refractivity contribution in [2.24, 2.45) is 0 Å². The van der Waals surface area contributed by atoms with E-state index in [1.54, 1.807) is 24.3 Å². The molecule has 26 heavy (non-hydrogen) atoms. The first-order chi connectivity index (χ1) is 12.5. The first kappa shape index (κ1) is 18.4. The highest BCUT2D eigenvalue weighted by atomic mass is 35.5. The Bertz CT molecular complexity index is 1040. The van der Waals surface area contributed by atoms with Crippen LogP contribution in [0.5, 0.6) is 0 Å². The van der Waals surface area contributed by atoms with Crippen LogP contribution in [0.2, 0.25) is 5.02 Å². The van der Waals surface area contributed by atoms with Crippen LogP contribution < -0.4 is 10.9 Å². The van der Waals surface area contributed by atoms with Crippen LogP contribution in [0.25, 0.3) is 16.6 Å². The molecule has 2 aromatic carbocycles. The maximum absolute atomic E-state index is 13.5. The monoisotopic (exact) mass is 391 g/mol. The van der Waals surface area contributed by atoms with Gasteiger partial charge < -0.3 is 5.32 Å². The Morgan fingerprint density at radius 3 is 2.81 bits per heavy atom. The normalized spacial score (nSPS) is 10.9. The van der Waals surface area contributed by atoms with Crippen LogP contribution in [0.4, 0.5) is 4.39 Å². The van der Waals surface area contributed by atoms with E-state index in [2.05, 4.69) is 10.3 Å². The molecule has 0 spiro atoms. The average Bonchev–Trinajstić information content (AvgIpc) is 2.63. The summed E-state index contributed by atoms with van der Waals surface area (Å²) in [5.74, 6) is -0.634. The van der Waals surface area contributed by atoms with E-state index in [0.29, 0.717) is 28.3 Å². The molecule has 0 saturated heterocycles. The highest BCUT2D eigenvalue weighted by Crippen LogP contribution is 2.24. The Kier molecular flexibility index (Phi) is 5.58. The Labute approximate surface area is 158 Å². The van der Waals surface area contributed by atoms with E-state index in [9.17, 15) is 14.0 Å². The molecule has 0 atom stereocenters. The quantitative estimate of drug-likeness (QED) is 0.534. The zero-order valence-corrected chi connectivity index (χ0v) is 15.4. The van der Waals surface area contributed by atoms with Gasteiger partial charge in [-0.1, -0.05) is 35.5 Å². The summed E-state index contributed by atoms with van der Waals surface area (Å²) in [6.07, 6.45) is 0. The SMILES string of the molecule is CCNC(=O)CSc1nc2ccccc2c(=O)n1-c1ccc(F)c(Cl)c1. The number of carbonyl (C=O) groups is 1. The summed E-state index contributed by atoms with van der Waals surface area (Å²) in [6.45, 7) is 2.35. The fraction of sp³-hybridized carbons (Fsp3) is 0.167. The number of para-hydroxylation sites is 1. The Balaban J connectivity index is 2.15. The van der Waals surface area contributed by atoms with Crippen molar-refractivity contribution in [1.82, 2.24) is 14.9 Å². The summed E-state index contributed by atoms with van der Waals surface area (Å²) in [4.78, 5) is 29.3. The Hall–Kier alpha value is -2.38. The molecular formula is C18H15ClFN3O2S. The number of thioether (sulfide) groups is 1. The van der Waals surface area contributed by atoms with Crippen LogP contribution in [0.1, 0.15) is 6.92 Å². The van der Waals surface area contributed by atoms with Crippen LogP contribution >= 0.6 is 23.4 Å². The highest BCUT2D eigenvalue weighted by Gasteiger charge is 2.15. The van der Waals surface area contributed by atoms with Gasteiger partial charge in [0, 0.05) is 6.54 Å². The molecule has 1 heterocycles. The van der Waals surface area contributed by atoms with Crippen molar-refractivity contribution >= 4 is 40.2 Å². The van der Waals surface area contributed by atoms with Crippen molar-refractivity contribution in [3.63, 3.8) is 0 Å². The lowest BCUT2D eigenvalue weighted by Crippen LogP contribution is -2.26. The van der Waals surface area contributed by atoms with E-state index < -0.39 is 5.82 Å². The molecular weight excluding hydrogens is 377 g/mol. The summed E-state index contributed by atoms with van der Waals surface area (Å²) in [5, 5.41) is 3.36. The van der Waals surface area contributed by atoms with E-state index in [1.807, 2.05) is 6.92 Å². The molecule has 0 aliphatic rings. The molecule has 0 unspecified atom stereocenters. The van der Waals surface area contributed by atoms with Gasteiger partial charge in [-0.05, 0) is 37.3 Å². The second kappa shape index (κ2) is 7.88. The van der Waals surface area contributed by atoms with Gasteiger partial charge in [-0.15, -0.1) is 0 Å². The summed E-state index contributed by atoms with van der Waals surface area (Å²) in [7, 11) is 0. The van der Waals surface area contributed by atoms with Crippen molar-refractivity contribution in [1.29, 1.82) is 0 Å². The number of hydrogen-bond donors (Lipinski definition) is 1. The second-order valence-electron chi connectivity index (χ2n) is 5.39. The van der Waals surface area contributed by atoms with Crippen LogP contribution in [-0.2, 0) is 4.79 Å². The lowest BCUT2D eigenvalue weighted by Gasteiger charge is -2.13. The van der Waals surface area contributed by atoms with E-state index in [4.69, 9.17) is 11.6 Å². The number of fused-ring (bicyclic) bond motifs is 1. The fourth-order valence-corrected chi connectivity index (χ4v) is 3.46. The summed E-state index contributed by atoms with van der Waals surface area (Å²) >= 11 is 7.01. The molecule has 1 N–H and O–H groups in total. The molecule has 0 saturated carbocycles. The molecule has 5 nitrogen and oxygen atoms in total. The van der Waals surface area contributed by atoms with E-state index in [1.165, 1.54) is 22.8 Å². The zero-order chi connectivity index (χ0) is 18.7. The van der Waals surface area contributed by atoms with Gasteiger partial charge >= 0.3 is 0 Å². The number of aromatic nitrogens is 2. The number of halogens is 2. The molecule has 3 aromatic rings.